The van der Waals surface area contributed by atoms with Crippen LogP contribution in [0.15, 0.2) is 35.3 Å². The highest BCUT2D eigenvalue weighted by Gasteiger charge is 2.28. The smallest absolute Gasteiger partial charge is 0.254 e. The van der Waals surface area contributed by atoms with Gasteiger partial charge in [0, 0.05) is 42.2 Å². The van der Waals surface area contributed by atoms with E-state index in [-0.39, 0.29) is 22.8 Å². The predicted molar refractivity (Wildman–Crippen MR) is 104 cm³/mol. The molecule has 0 unspecified atom stereocenters. The first-order chi connectivity index (χ1) is 13.3. The number of aromatic nitrogens is 5. The molecule has 0 aromatic carbocycles. The summed E-state index contributed by atoms with van der Waals surface area (Å²) in [7, 11) is 0. The van der Waals surface area contributed by atoms with Crippen LogP contribution in [0, 0.1) is 0 Å². The first-order valence-corrected chi connectivity index (χ1v) is 9.54. The predicted octanol–water partition coefficient (Wildman–Crippen LogP) is 2.13. The number of fused-ring (bicyclic) bond motifs is 1. The highest BCUT2D eigenvalue weighted by atomic mass is 16.2. The maximum Gasteiger partial charge on any atom is 0.254 e. The van der Waals surface area contributed by atoms with Gasteiger partial charge in [0.1, 0.15) is 0 Å². The van der Waals surface area contributed by atoms with Gasteiger partial charge >= 0.3 is 0 Å². The number of nitrogens with zero attached hydrogens (tertiary/aromatic N) is 5. The second-order valence-corrected chi connectivity index (χ2v) is 8.30. The van der Waals surface area contributed by atoms with Crippen LogP contribution >= 0.6 is 0 Å². The molecule has 0 saturated carbocycles. The van der Waals surface area contributed by atoms with E-state index in [1.807, 2.05) is 16.6 Å². The molecule has 8 heteroatoms. The Labute approximate surface area is 162 Å². The van der Waals surface area contributed by atoms with Crippen LogP contribution in [0.4, 0.5) is 0 Å². The molecule has 0 spiro atoms. The molecule has 146 valence electrons. The summed E-state index contributed by atoms with van der Waals surface area (Å²) in [6, 6.07) is 6.94. The third-order valence-electron chi connectivity index (χ3n) is 5.22. The Morgan fingerprint density at radius 1 is 1.14 bits per heavy atom. The van der Waals surface area contributed by atoms with E-state index in [2.05, 4.69) is 36.0 Å². The Morgan fingerprint density at radius 3 is 2.57 bits per heavy atom. The lowest BCUT2D eigenvalue weighted by Crippen LogP contribution is -2.38. The second kappa shape index (κ2) is 6.85. The minimum atomic E-state index is -0.267. The van der Waals surface area contributed by atoms with Crippen molar-refractivity contribution in [3.8, 4) is 0 Å². The summed E-state index contributed by atoms with van der Waals surface area (Å²) in [6.07, 6.45) is 3.08. The summed E-state index contributed by atoms with van der Waals surface area (Å²) >= 11 is 0. The van der Waals surface area contributed by atoms with E-state index in [4.69, 9.17) is 5.10 Å². The van der Waals surface area contributed by atoms with Gasteiger partial charge in [0.25, 0.3) is 5.91 Å². The number of aromatic amines is 1. The molecule has 0 aliphatic carbocycles. The van der Waals surface area contributed by atoms with Crippen LogP contribution in [0.3, 0.4) is 0 Å². The van der Waals surface area contributed by atoms with E-state index in [9.17, 15) is 9.59 Å². The molecule has 1 amide bonds. The lowest BCUT2D eigenvalue weighted by atomic mass is 9.92. The van der Waals surface area contributed by atoms with Crippen LogP contribution < -0.4 is 5.56 Å². The Bertz CT molecular complexity index is 1070. The number of likely N-dealkylation sites (tertiary alicyclic amines) is 1. The fourth-order valence-electron chi connectivity index (χ4n) is 3.56. The quantitative estimate of drug-likeness (QED) is 0.735. The molecule has 1 saturated heterocycles. The fraction of sp³-hybridized carbons (Fsp3) is 0.450. The number of carbonyl (C=O) groups excluding carboxylic acids is 1. The number of hydrogen-bond acceptors (Lipinski definition) is 5. The molecule has 8 nitrogen and oxygen atoms in total. The summed E-state index contributed by atoms with van der Waals surface area (Å²) in [5.41, 5.74) is 1.83. The molecule has 4 rings (SSSR count). The van der Waals surface area contributed by atoms with E-state index in [0.717, 1.165) is 30.0 Å². The first-order valence-electron chi connectivity index (χ1n) is 9.54. The van der Waals surface area contributed by atoms with Crippen molar-refractivity contribution in [1.82, 2.24) is 29.7 Å². The molecule has 1 fully saturated rings. The monoisotopic (exact) mass is 380 g/mol. The molecule has 3 aromatic heterocycles. The summed E-state index contributed by atoms with van der Waals surface area (Å²) in [6.45, 7) is 7.62. The first kappa shape index (κ1) is 18.3. The third-order valence-corrected chi connectivity index (χ3v) is 5.22. The number of pyridine rings is 1. The van der Waals surface area contributed by atoms with Crippen LogP contribution in [0.1, 0.15) is 61.4 Å². The van der Waals surface area contributed by atoms with Crippen molar-refractivity contribution in [2.24, 2.45) is 0 Å². The van der Waals surface area contributed by atoms with Crippen molar-refractivity contribution >= 4 is 11.6 Å². The van der Waals surface area contributed by atoms with Crippen molar-refractivity contribution in [3.63, 3.8) is 0 Å². The summed E-state index contributed by atoms with van der Waals surface area (Å²) in [5, 5.41) is 13.4. The van der Waals surface area contributed by atoms with Crippen molar-refractivity contribution in [3.05, 3.63) is 57.9 Å². The number of nitrogens with one attached hydrogen (secondary N) is 1. The maximum atomic E-state index is 12.6. The van der Waals surface area contributed by atoms with Crippen LogP contribution in [0.5, 0.6) is 0 Å². The zero-order chi connectivity index (χ0) is 19.9. The van der Waals surface area contributed by atoms with E-state index < -0.39 is 0 Å². The normalized spacial score (nSPS) is 15.9. The number of rotatable bonds is 2. The average Bonchev–Trinajstić information content (AvgIpc) is 3.10. The van der Waals surface area contributed by atoms with Crippen LogP contribution in [0.2, 0.25) is 0 Å². The van der Waals surface area contributed by atoms with Gasteiger partial charge in [-0.15, -0.1) is 10.2 Å². The molecule has 3 aromatic rings. The largest absolute Gasteiger partial charge is 0.339 e. The van der Waals surface area contributed by atoms with Gasteiger partial charge in [0.05, 0.1) is 5.69 Å². The van der Waals surface area contributed by atoms with Gasteiger partial charge in [-0.2, -0.15) is 9.61 Å². The Balaban J connectivity index is 1.52. The molecule has 0 radical (unpaired) electrons. The Hall–Kier alpha value is -3.03. The lowest BCUT2D eigenvalue weighted by molar-refractivity contribution is 0.0710. The molecule has 1 aliphatic heterocycles. The topological polar surface area (TPSA) is 96.2 Å². The van der Waals surface area contributed by atoms with Gasteiger partial charge in [-0.05, 0) is 31.0 Å². The van der Waals surface area contributed by atoms with Crippen molar-refractivity contribution in [2.45, 2.75) is 44.9 Å². The van der Waals surface area contributed by atoms with Crippen LogP contribution in [-0.4, -0.2) is 48.7 Å². The van der Waals surface area contributed by atoms with Crippen molar-refractivity contribution in [2.75, 3.05) is 13.1 Å². The fourth-order valence-corrected chi connectivity index (χ4v) is 3.56. The maximum absolute atomic E-state index is 12.6. The van der Waals surface area contributed by atoms with Gasteiger partial charge in [-0.25, -0.2) is 0 Å². The Kier molecular flexibility index (Phi) is 4.49. The minimum Gasteiger partial charge on any atom is -0.339 e. The number of piperidine rings is 1. The van der Waals surface area contributed by atoms with Gasteiger partial charge in [0.15, 0.2) is 11.5 Å². The van der Waals surface area contributed by atoms with E-state index in [1.54, 1.807) is 11.0 Å². The average molecular weight is 380 g/mol. The molecule has 1 N–H and O–H groups in total. The number of amides is 1. The molecular weight excluding hydrogens is 356 g/mol. The zero-order valence-electron chi connectivity index (χ0n) is 16.3. The molecular formula is C20H24N6O2. The van der Waals surface area contributed by atoms with Crippen LogP contribution in [-0.2, 0) is 5.41 Å². The zero-order valence-corrected chi connectivity index (χ0v) is 16.3. The van der Waals surface area contributed by atoms with Crippen LogP contribution in [0.25, 0.3) is 5.65 Å². The van der Waals surface area contributed by atoms with E-state index in [0.29, 0.717) is 18.7 Å². The number of carbonyl (C=O) groups is 1. The summed E-state index contributed by atoms with van der Waals surface area (Å²) < 4.78 is 1.85. The number of hydrogen-bond donors (Lipinski definition) is 1. The molecule has 0 atom stereocenters. The molecule has 0 bridgehead atoms. The van der Waals surface area contributed by atoms with E-state index >= 15 is 0 Å². The minimum absolute atomic E-state index is 0.0565. The summed E-state index contributed by atoms with van der Waals surface area (Å²) in [5.74, 6) is 0.939. The van der Waals surface area contributed by atoms with Gasteiger partial charge in [-0.1, -0.05) is 20.8 Å². The summed E-state index contributed by atoms with van der Waals surface area (Å²) in [4.78, 5) is 28.4. The van der Waals surface area contributed by atoms with Gasteiger partial charge in [0.2, 0.25) is 5.56 Å². The molecule has 28 heavy (non-hydrogen) atoms. The highest BCUT2D eigenvalue weighted by molar-refractivity contribution is 5.94. The third kappa shape index (κ3) is 3.42. The van der Waals surface area contributed by atoms with Gasteiger partial charge in [-0.3, -0.25) is 9.59 Å². The lowest BCUT2D eigenvalue weighted by Gasteiger charge is -2.31. The standard InChI is InChI=1S/C20H24N6O2/c1-20(2,3)15-4-5-16-22-23-18(26(16)24-15)13-7-10-25(11-8-13)19(28)14-6-9-21-17(27)12-14/h4-6,9,12-13H,7-8,10-11H2,1-3H3,(H,21,27). The van der Waals surface area contributed by atoms with E-state index in [1.165, 1.54) is 12.3 Å². The number of H-pyrrole nitrogens is 1. The van der Waals surface area contributed by atoms with Crippen molar-refractivity contribution < 1.29 is 4.79 Å². The SMILES string of the molecule is CC(C)(C)c1ccc2nnc(C3CCN(C(=O)c4cc[nH]c(=O)c4)CC3)n2n1. The van der Waals surface area contributed by atoms with Gasteiger partial charge < -0.3 is 9.88 Å². The highest BCUT2D eigenvalue weighted by Crippen LogP contribution is 2.28. The molecule has 4 heterocycles. The molecule has 1 aliphatic rings. The van der Waals surface area contributed by atoms with Crippen molar-refractivity contribution in [1.29, 1.82) is 0 Å². The second-order valence-electron chi connectivity index (χ2n) is 8.30. The Morgan fingerprint density at radius 2 is 1.89 bits per heavy atom.